The number of alkyl carbamates (subject to hydrolysis) is 1. The molecule has 0 aromatic rings. The van der Waals surface area contributed by atoms with Crippen molar-refractivity contribution >= 4 is 6.09 Å². The molecule has 0 bridgehead atoms. The summed E-state index contributed by atoms with van der Waals surface area (Å²) in [5, 5.41) is 2.53. The summed E-state index contributed by atoms with van der Waals surface area (Å²) in [6.07, 6.45) is -0.501. The number of carbonyl (C=O) groups excluding carboxylic acids is 1. The van der Waals surface area contributed by atoms with E-state index < -0.39 is 23.8 Å². The first-order chi connectivity index (χ1) is 6.16. The second-order valence-corrected chi connectivity index (χ2v) is 5.15. The maximum atomic E-state index is 12.4. The van der Waals surface area contributed by atoms with Crippen molar-refractivity contribution in [2.24, 2.45) is 5.41 Å². The van der Waals surface area contributed by atoms with Crippen molar-refractivity contribution in [1.29, 1.82) is 0 Å². The smallest absolute Gasteiger partial charge is 0.407 e. The van der Waals surface area contributed by atoms with Gasteiger partial charge in [-0.3, -0.25) is 4.39 Å². The molecule has 0 spiro atoms. The van der Waals surface area contributed by atoms with Crippen LogP contribution in [0.4, 0.5) is 9.18 Å². The maximum absolute atomic E-state index is 12.4. The Kier molecular flexibility index (Phi) is 4.36. The van der Waals surface area contributed by atoms with Gasteiger partial charge in [0.15, 0.2) is 0 Å². The van der Waals surface area contributed by atoms with Gasteiger partial charge in [0.2, 0.25) is 0 Å². The average molecular weight is 205 g/mol. The van der Waals surface area contributed by atoms with E-state index in [1.54, 1.807) is 34.6 Å². The maximum Gasteiger partial charge on any atom is 0.407 e. The number of hydrogen-bond acceptors (Lipinski definition) is 2. The molecule has 0 saturated carbocycles. The molecule has 4 heteroatoms. The Morgan fingerprint density at radius 3 is 2.14 bits per heavy atom. The summed E-state index contributed by atoms with van der Waals surface area (Å²) in [5.74, 6) is 0. The molecule has 1 amide bonds. The number of rotatable bonds is 3. The molecule has 84 valence electrons. The minimum atomic E-state index is -0.531. The van der Waals surface area contributed by atoms with Crippen molar-refractivity contribution in [2.45, 2.75) is 40.2 Å². The highest BCUT2D eigenvalue weighted by atomic mass is 19.1. The third kappa shape index (κ3) is 6.69. The number of carbonyl (C=O) groups is 1. The van der Waals surface area contributed by atoms with Gasteiger partial charge >= 0.3 is 6.09 Å². The molecule has 0 radical (unpaired) electrons. The van der Waals surface area contributed by atoms with Gasteiger partial charge in [-0.2, -0.15) is 0 Å². The summed E-state index contributed by atoms with van der Waals surface area (Å²) in [7, 11) is 0. The minimum Gasteiger partial charge on any atom is -0.444 e. The van der Waals surface area contributed by atoms with Gasteiger partial charge in [-0.25, -0.2) is 4.79 Å². The molecule has 0 aromatic heterocycles. The first-order valence-electron chi connectivity index (χ1n) is 4.69. The Balaban J connectivity index is 3.87. The highest BCUT2D eigenvalue weighted by molar-refractivity contribution is 5.67. The van der Waals surface area contributed by atoms with Crippen molar-refractivity contribution in [2.75, 3.05) is 13.2 Å². The number of alkyl halides is 1. The van der Waals surface area contributed by atoms with E-state index in [-0.39, 0.29) is 6.54 Å². The first-order valence-corrected chi connectivity index (χ1v) is 4.69. The van der Waals surface area contributed by atoms with Crippen LogP contribution in [0, 0.1) is 5.41 Å². The van der Waals surface area contributed by atoms with Crippen LogP contribution in [0.2, 0.25) is 0 Å². The van der Waals surface area contributed by atoms with Crippen LogP contribution in [0.1, 0.15) is 34.6 Å². The number of amides is 1. The molecule has 0 fully saturated rings. The zero-order valence-electron chi connectivity index (χ0n) is 9.61. The van der Waals surface area contributed by atoms with Crippen LogP contribution in [0.5, 0.6) is 0 Å². The molecule has 1 N–H and O–H groups in total. The predicted molar refractivity (Wildman–Crippen MR) is 54.0 cm³/mol. The highest BCUT2D eigenvalue weighted by Crippen LogP contribution is 2.14. The van der Waals surface area contributed by atoms with E-state index >= 15 is 0 Å². The fourth-order valence-electron chi connectivity index (χ4n) is 0.673. The monoisotopic (exact) mass is 205 g/mol. The van der Waals surface area contributed by atoms with Crippen LogP contribution in [0.3, 0.4) is 0 Å². The fourth-order valence-corrected chi connectivity index (χ4v) is 0.673. The zero-order valence-corrected chi connectivity index (χ0v) is 9.61. The molecule has 0 heterocycles. The Hall–Kier alpha value is -0.800. The first kappa shape index (κ1) is 13.2. The standard InChI is InChI=1S/C10H20FNO2/c1-9(2,3)14-8(13)12-7-10(4,5)6-11/h6-7H2,1-5H3,(H,12,13). The van der Waals surface area contributed by atoms with E-state index in [2.05, 4.69) is 5.32 Å². The minimum absolute atomic E-state index is 0.276. The average Bonchev–Trinajstić information content (AvgIpc) is 1.98. The van der Waals surface area contributed by atoms with Crippen molar-refractivity contribution in [3.8, 4) is 0 Å². The normalized spacial score (nSPS) is 12.4. The lowest BCUT2D eigenvalue weighted by Crippen LogP contribution is -2.38. The fraction of sp³-hybridized carbons (Fsp3) is 0.900. The Labute approximate surface area is 85.0 Å². The van der Waals surface area contributed by atoms with E-state index in [0.717, 1.165) is 0 Å². The van der Waals surface area contributed by atoms with E-state index in [1.165, 1.54) is 0 Å². The molecule has 0 atom stereocenters. The molecule has 0 aromatic carbocycles. The molecule has 0 aliphatic heterocycles. The Morgan fingerprint density at radius 2 is 1.79 bits per heavy atom. The highest BCUT2D eigenvalue weighted by Gasteiger charge is 2.21. The summed E-state index contributed by atoms with van der Waals surface area (Å²) in [6.45, 7) is 8.64. The van der Waals surface area contributed by atoms with Gasteiger partial charge in [-0.15, -0.1) is 0 Å². The third-order valence-electron chi connectivity index (χ3n) is 1.47. The summed E-state index contributed by atoms with van der Waals surface area (Å²) in [5.41, 5.74) is -1.04. The topological polar surface area (TPSA) is 38.3 Å². The van der Waals surface area contributed by atoms with Crippen LogP contribution in [0.15, 0.2) is 0 Å². The predicted octanol–water partition coefficient (Wildman–Crippen LogP) is 2.51. The molecule has 14 heavy (non-hydrogen) atoms. The van der Waals surface area contributed by atoms with Crippen molar-refractivity contribution in [3.05, 3.63) is 0 Å². The van der Waals surface area contributed by atoms with Crippen LogP contribution in [-0.2, 0) is 4.74 Å². The molecular weight excluding hydrogens is 185 g/mol. The van der Waals surface area contributed by atoms with Gasteiger partial charge in [0, 0.05) is 12.0 Å². The lowest BCUT2D eigenvalue weighted by molar-refractivity contribution is 0.0501. The number of ether oxygens (including phenoxy) is 1. The summed E-state index contributed by atoms with van der Waals surface area (Å²) >= 11 is 0. The van der Waals surface area contributed by atoms with Crippen molar-refractivity contribution < 1.29 is 13.9 Å². The molecule has 0 unspecified atom stereocenters. The number of nitrogens with one attached hydrogen (secondary N) is 1. The molecular formula is C10H20FNO2. The lowest BCUT2D eigenvalue weighted by Gasteiger charge is -2.23. The van der Waals surface area contributed by atoms with E-state index in [0.29, 0.717) is 0 Å². The number of halogens is 1. The quantitative estimate of drug-likeness (QED) is 0.768. The lowest BCUT2D eigenvalue weighted by atomic mass is 9.96. The van der Waals surface area contributed by atoms with Crippen LogP contribution < -0.4 is 5.32 Å². The van der Waals surface area contributed by atoms with Gasteiger partial charge in [-0.05, 0) is 20.8 Å². The van der Waals surface area contributed by atoms with Crippen molar-refractivity contribution in [3.63, 3.8) is 0 Å². The van der Waals surface area contributed by atoms with Gasteiger partial charge in [0.25, 0.3) is 0 Å². The van der Waals surface area contributed by atoms with Crippen molar-refractivity contribution in [1.82, 2.24) is 5.32 Å². The Bertz CT molecular complexity index is 197. The SMILES string of the molecule is CC(C)(CF)CNC(=O)OC(C)(C)C. The summed E-state index contributed by atoms with van der Waals surface area (Å²) in [6, 6.07) is 0. The Morgan fingerprint density at radius 1 is 1.29 bits per heavy atom. The summed E-state index contributed by atoms with van der Waals surface area (Å²) < 4.78 is 17.4. The van der Waals surface area contributed by atoms with E-state index in [4.69, 9.17) is 4.74 Å². The molecule has 0 saturated heterocycles. The molecule has 0 aliphatic rings. The second-order valence-electron chi connectivity index (χ2n) is 5.15. The van der Waals surface area contributed by atoms with Crippen LogP contribution >= 0.6 is 0 Å². The molecule has 0 rings (SSSR count). The van der Waals surface area contributed by atoms with Crippen LogP contribution in [0.25, 0.3) is 0 Å². The third-order valence-corrected chi connectivity index (χ3v) is 1.47. The van der Waals surface area contributed by atoms with Crippen LogP contribution in [-0.4, -0.2) is 24.9 Å². The van der Waals surface area contributed by atoms with E-state index in [9.17, 15) is 9.18 Å². The summed E-state index contributed by atoms with van der Waals surface area (Å²) in [4.78, 5) is 11.2. The zero-order chi connectivity index (χ0) is 11.4. The largest absolute Gasteiger partial charge is 0.444 e. The van der Waals surface area contributed by atoms with Gasteiger partial charge < -0.3 is 10.1 Å². The second kappa shape index (κ2) is 4.62. The van der Waals surface area contributed by atoms with Gasteiger partial charge in [0.1, 0.15) is 5.60 Å². The van der Waals surface area contributed by atoms with Gasteiger partial charge in [0.05, 0.1) is 6.67 Å². The van der Waals surface area contributed by atoms with Gasteiger partial charge in [-0.1, -0.05) is 13.8 Å². The molecule has 0 aliphatic carbocycles. The van der Waals surface area contributed by atoms with E-state index in [1.807, 2.05) is 0 Å². The molecule has 3 nitrogen and oxygen atoms in total. The number of hydrogen-bond donors (Lipinski definition) is 1.